The van der Waals surface area contributed by atoms with Crippen LogP contribution in [0.2, 0.25) is 10.0 Å². The van der Waals surface area contributed by atoms with Gasteiger partial charge in [-0.2, -0.15) is 4.31 Å². The number of halogens is 2. The van der Waals surface area contributed by atoms with E-state index in [0.717, 1.165) is 27.3 Å². The number of likely N-dealkylation sites (N-methyl/N-ethyl adjacent to an activating group) is 1. The van der Waals surface area contributed by atoms with Crippen molar-refractivity contribution in [2.45, 2.75) is 25.6 Å². The number of benzene rings is 3. The lowest BCUT2D eigenvalue weighted by atomic mass is 10.0. The molecule has 0 aliphatic heterocycles. The van der Waals surface area contributed by atoms with E-state index in [2.05, 4.69) is 5.32 Å². The molecule has 3 aromatic rings. The molecule has 0 radical (unpaired) electrons. The van der Waals surface area contributed by atoms with Crippen LogP contribution in [0.15, 0.2) is 78.9 Å². The second-order valence-corrected chi connectivity index (χ2v) is 11.7. The third-order valence-electron chi connectivity index (χ3n) is 5.84. The smallest absolute Gasteiger partial charge is 0.243 e. The maximum atomic E-state index is 13.6. The zero-order valence-corrected chi connectivity index (χ0v) is 22.9. The molecule has 7 nitrogen and oxygen atoms in total. The van der Waals surface area contributed by atoms with Crippen molar-refractivity contribution in [1.29, 1.82) is 0 Å². The quantitative estimate of drug-likeness (QED) is 0.381. The van der Waals surface area contributed by atoms with E-state index in [-0.39, 0.29) is 25.4 Å². The van der Waals surface area contributed by atoms with Crippen molar-refractivity contribution < 1.29 is 18.0 Å². The van der Waals surface area contributed by atoms with Crippen LogP contribution in [0.1, 0.15) is 16.7 Å². The predicted octanol–water partition coefficient (Wildman–Crippen LogP) is 4.14. The summed E-state index contributed by atoms with van der Waals surface area (Å²) in [5, 5.41) is 4.05. The van der Waals surface area contributed by atoms with E-state index < -0.39 is 28.5 Å². The van der Waals surface area contributed by atoms with E-state index >= 15 is 0 Å². The molecule has 0 heterocycles. The normalized spacial score (nSPS) is 12.2. The number of carbonyl (C=O) groups is 2. The molecule has 10 heteroatoms. The minimum Gasteiger partial charge on any atom is -0.350 e. The first kappa shape index (κ1) is 28.7. The number of nitrogens with one attached hydrogen (secondary N) is 1. The molecule has 0 saturated carbocycles. The fourth-order valence-corrected chi connectivity index (χ4v) is 4.25. The Kier molecular flexibility index (Phi) is 10.1. The third-order valence-corrected chi connectivity index (χ3v) is 7.61. The van der Waals surface area contributed by atoms with Gasteiger partial charge in [0.15, 0.2) is 0 Å². The second-order valence-electron chi connectivity index (χ2n) is 8.72. The minimum absolute atomic E-state index is 0.0967. The van der Waals surface area contributed by atoms with Crippen LogP contribution in [0.4, 0.5) is 0 Å². The molecule has 3 rings (SSSR count). The molecule has 0 aromatic heterocycles. The highest BCUT2D eigenvalue weighted by Gasteiger charge is 2.31. The van der Waals surface area contributed by atoms with Gasteiger partial charge in [0.2, 0.25) is 21.8 Å². The first-order valence-corrected chi connectivity index (χ1v) is 14.1. The van der Waals surface area contributed by atoms with Crippen LogP contribution in [0.3, 0.4) is 0 Å². The summed E-state index contributed by atoms with van der Waals surface area (Å²) in [6.07, 6.45) is 1.28. The number of hydrogen-bond donors (Lipinski definition) is 1. The molecule has 196 valence electrons. The summed E-state index contributed by atoms with van der Waals surface area (Å²) in [6.45, 7) is -0.0604. The van der Waals surface area contributed by atoms with Crippen LogP contribution < -0.4 is 5.32 Å². The molecular formula is C27H29Cl2N3O4S. The highest BCUT2D eigenvalue weighted by molar-refractivity contribution is 7.88. The van der Waals surface area contributed by atoms with E-state index in [9.17, 15) is 18.0 Å². The van der Waals surface area contributed by atoms with E-state index in [1.807, 2.05) is 42.5 Å². The van der Waals surface area contributed by atoms with E-state index in [0.29, 0.717) is 10.0 Å². The average molecular weight is 563 g/mol. The highest BCUT2D eigenvalue weighted by atomic mass is 35.5. The largest absolute Gasteiger partial charge is 0.350 e. The Labute approximate surface area is 228 Å². The Bertz CT molecular complexity index is 1300. The number of carbonyl (C=O) groups excluding carboxylic acids is 2. The van der Waals surface area contributed by atoms with E-state index in [1.165, 1.54) is 11.9 Å². The molecule has 2 amide bonds. The number of rotatable bonds is 11. The van der Waals surface area contributed by atoms with Crippen LogP contribution in [-0.2, 0) is 39.1 Å². The standard InChI is InChI=1S/C27H29Cl2N3O4S/c1-31(37(2,35)36)19-26(33)32(18-22-10-14-24(29)15-11-22)25(16-20-6-4-3-5-7-20)27(34)30-17-21-8-12-23(28)13-9-21/h3-15,25H,16-19H2,1-2H3,(H,30,34)/t25-/m0/s1. The lowest BCUT2D eigenvalue weighted by Gasteiger charge is -2.32. The van der Waals surface area contributed by atoms with Crippen LogP contribution in [0.5, 0.6) is 0 Å². The van der Waals surface area contributed by atoms with Gasteiger partial charge in [0.25, 0.3) is 0 Å². The summed E-state index contributed by atoms with van der Waals surface area (Å²) >= 11 is 12.0. The van der Waals surface area contributed by atoms with Crippen molar-refractivity contribution >= 4 is 45.0 Å². The first-order chi connectivity index (χ1) is 17.5. The summed E-state index contributed by atoms with van der Waals surface area (Å²) in [7, 11) is -2.27. The molecule has 0 aliphatic carbocycles. The van der Waals surface area contributed by atoms with Crippen LogP contribution in [-0.4, -0.2) is 55.3 Å². The SMILES string of the molecule is CN(CC(=O)N(Cc1ccc(Cl)cc1)[C@@H](Cc1ccccc1)C(=O)NCc1ccc(Cl)cc1)S(C)(=O)=O. The molecule has 1 atom stereocenters. The number of amides is 2. The highest BCUT2D eigenvalue weighted by Crippen LogP contribution is 2.18. The van der Waals surface area contributed by atoms with Crippen LogP contribution in [0, 0.1) is 0 Å². The summed E-state index contributed by atoms with van der Waals surface area (Å²) in [5.74, 6) is -0.853. The maximum Gasteiger partial charge on any atom is 0.243 e. The van der Waals surface area contributed by atoms with E-state index in [4.69, 9.17) is 23.2 Å². The van der Waals surface area contributed by atoms with Gasteiger partial charge in [0.1, 0.15) is 6.04 Å². The van der Waals surface area contributed by atoms with Gasteiger partial charge in [-0.1, -0.05) is 77.8 Å². The zero-order chi connectivity index (χ0) is 27.0. The number of sulfonamides is 1. The fraction of sp³-hybridized carbons (Fsp3) is 0.259. The summed E-state index contributed by atoms with van der Waals surface area (Å²) in [4.78, 5) is 28.5. The van der Waals surface area contributed by atoms with Gasteiger partial charge in [-0.3, -0.25) is 9.59 Å². The average Bonchev–Trinajstić information content (AvgIpc) is 2.86. The van der Waals surface area contributed by atoms with Gasteiger partial charge in [0.05, 0.1) is 12.8 Å². The molecule has 0 spiro atoms. The van der Waals surface area contributed by atoms with Crippen molar-refractivity contribution in [3.63, 3.8) is 0 Å². The Hall–Kier alpha value is -2.91. The van der Waals surface area contributed by atoms with Crippen molar-refractivity contribution in [3.05, 3.63) is 106 Å². The van der Waals surface area contributed by atoms with E-state index in [1.54, 1.807) is 36.4 Å². The Morgan fingerprint density at radius 1 is 0.838 bits per heavy atom. The third kappa shape index (κ3) is 8.86. The second kappa shape index (κ2) is 13.1. The summed E-state index contributed by atoms with van der Waals surface area (Å²) in [5.41, 5.74) is 2.46. The Morgan fingerprint density at radius 3 is 1.92 bits per heavy atom. The molecular weight excluding hydrogens is 533 g/mol. The van der Waals surface area contributed by atoms with Gasteiger partial charge in [0, 0.05) is 36.6 Å². The van der Waals surface area contributed by atoms with Crippen molar-refractivity contribution in [3.8, 4) is 0 Å². The lowest BCUT2D eigenvalue weighted by Crippen LogP contribution is -2.52. The molecule has 0 saturated heterocycles. The fourth-order valence-electron chi connectivity index (χ4n) is 3.65. The van der Waals surface area contributed by atoms with Crippen LogP contribution in [0.25, 0.3) is 0 Å². The van der Waals surface area contributed by atoms with Gasteiger partial charge in [-0.25, -0.2) is 8.42 Å². The molecule has 1 N–H and O–H groups in total. The monoisotopic (exact) mass is 561 g/mol. The Morgan fingerprint density at radius 2 is 1.38 bits per heavy atom. The van der Waals surface area contributed by atoms with Gasteiger partial charge in [-0.15, -0.1) is 0 Å². The molecule has 3 aromatic carbocycles. The maximum absolute atomic E-state index is 13.6. The van der Waals surface area contributed by atoms with Crippen molar-refractivity contribution in [2.75, 3.05) is 19.8 Å². The first-order valence-electron chi connectivity index (χ1n) is 11.5. The number of hydrogen-bond acceptors (Lipinski definition) is 4. The predicted molar refractivity (Wildman–Crippen MR) is 147 cm³/mol. The van der Waals surface area contributed by atoms with Crippen molar-refractivity contribution in [2.24, 2.45) is 0 Å². The zero-order valence-electron chi connectivity index (χ0n) is 20.6. The summed E-state index contributed by atoms with van der Waals surface area (Å²) in [6, 6.07) is 22.5. The molecule has 0 fully saturated rings. The molecule has 0 bridgehead atoms. The molecule has 37 heavy (non-hydrogen) atoms. The minimum atomic E-state index is -3.61. The number of nitrogens with zero attached hydrogens (tertiary/aromatic N) is 2. The van der Waals surface area contributed by atoms with Gasteiger partial charge in [-0.05, 0) is 41.0 Å². The summed E-state index contributed by atoms with van der Waals surface area (Å²) < 4.78 is 25.0. The van der Waals surface area contributed by atoms with Crippen molar-refractivity contribution in [1.82, 2.24) is 14.5 Å². The van der Waals surface area contributed by atoms with Gasteiger partial charge >= 0.3 is 0 Å². The van der Waals surface area contributed by atoms with Crippen LogP contribution >= 0.6 is 23.2 Å². The van der Waals surface area contributed by atoms with Gasteiger partial charge < -0.3 is 10.2 Å². The Balaban J connectivity index is 1.93. The lowest BCUT2D eigenvalue weighted by molar-refractivity contribution is -0.141. The molecule has 0 aliphatic rings. The topological polar surface area (TPSA) is 86.8 Å². The molecule has 0 unspecified atom stereocenters.